The van der Waals surface area contributed by atoms with E-state index in [9.17, 15) is 9.59 Å². The van der Waals surface area contributed by atoms with E-state index >= 15 is 0 Å². The van der Waals surface area contributed by atoms with Crippen LogP contribution >= 0.6 is 0 Å². The maximum Gasteiger partial charge on any atom is 0.275 e. The number of carbonyl (C=O) groups excluding carboxylic acids is 2. The van der Waals surface area contributed by atoms with Crippen molar-refractivity contribution in [3.63, 3.8) is 0 Å². The Labute approximate surface area is 126 Å². The second-order valence-corrected chi connectivity index (χ2v) is 5.25. The zero-order valence-corrected chi connectivity index (χ0v) is 12.2. The van der Waals surface area contributed by atoms with Crippen molar-refractivity contribution in [3.05, 3.63) is 17.7 Å². The summed E-state index contributed by atoms with van der Waals surface area (Å²) in [7, 11) is 1.49. The lowest BCUT2D eigenvalue weighted by atomic mass is 10.2. The highest BCUT2D eigenvalue weighted by Gasteiger charge is 2.23. The van der Waals surface area contributed by atoms with Crippen molar-refractivity contribution in [1.82, 2.24) is 30.2 Å². The largest absolute Gasteiger partial charge is 0.383 e. The summed E-state index contributed by atoms with van der Waals surface area (Å²) in [5.41, 5.74) is 6.35. The van der Waals surface area contributed by atoms with Gasteiger partial charge in [-0.05, 0) is 12.8 Å². The molecule has 0 aromatic carbocycles. The second kappa shape index (κ2) is 5.58. The van der Waals surface area contributed by atoms with E-state index in [1.807, 2.05) is 0 Å². The van der Waals surface area contributed by atoms with Gasteiger partial charge in [0.05, 0.1) is 0 Å². The number of carbonyl (C=O) groups is 2. The smallest absolute Gasteiger partial charge is 0.275 e. The Morgan fingerprint density at radius 3 is 2.64 bits per heavy atom. The van der Waals surface area contributed by atoms with Gasteiger partial charge in [-0.25, -0.2) is 4.98 Å². The molecular formula is C13H17N7O2. The van der Waals surface area contributed by atoms with E-state index in [1.54, 1.807) is 0 Å². The van der Waals surface area contributed by atoms with E-state index in [1.165, 1.54) is 17.8 Å². The van der Waals surface area contributed by atoms with Crippen LogP contribution in [-0.2, 0) is 0 Å². The molecule has 2 aromatic heterocycles. The molecular weight excluding hydrogens is 286 g/mol. The molecule has 0 unspecified atom stereocenters. The Hall–Kier alpha value is -2.71. The van der Waals surface area contributed by atoms with Gasteiger partial charge >= 0.3 is 0 Å². The number of aromatic nitrogens is 4. The number of imidazole rings is 1. The Kier molecular flexibility index (Phi) is 3.61. The van der Waals surface area contributed by atoms with E-state index in [-0.39, 0.29) is 40.7 Å². The third kappa shape index (κ3) is 2.34. The zero-order valence-electron chi connectivity index (χ0n) is 12.2. The Balaban J connectivity index is 1.93. The van der Waals surface area contributed by atoms with Crippen LogP contribution in [-0.4, -0.2) is 44.5 Å². The van der Waals surface area contributed by atoms with Gasteiger partial charge in [0.15, 0.2) is 17.0 Å². The average Bonchev–Trinajstić information content (AvgIpc) is 3.16. The van der Waals surface area contributed by atoms with Crippen molar-refractivity contribution < 1.29 is 9.59 Å². The van der Waals surface area contributed by atoms with Crippen molar-refractivity contribution in [1.29, 1.82) is 0 Å². The van der Waals surface area contributed by atoms with Crippen molar-refractivity contribution >= 4 is 23.3 Å². The fraction of sp³-hybridized carbons (Fsp3) is 0.462. The zero-order chi connectivity index (χ0) is 15.7. The topological polar surface area (TPSA) is 127 Å². The number of anilines is 1. The number of nitrogens with two attached hydrogens (primary N) is 1. The summed E-state index contributed by atoms with van der Waals surface area (Å²) >= 11 is 0. The van der Waals surface area contributed by atoms with Crippen LogP contribution in [0.5, 0.6) is 0 Å². The molecule has 116 valence electrons. The lowest BCUT2D eigenvalue weighted by molar-refractivity contribution is 0.0931. The van der Waals surface area contributed by atoms with Crippen molar-refractivity contribution in [2.75, 3.05) is 12.8 Å². The van der Waals surface area contributed by atoms with E-state index in [2.05, 4.69) is 25.8 Å². The summed E-state index contributed by atoms with van der Waals surface area (Å²) in [6, 6.07) is 0.161. The summed E-state index contributed by atoms with van der Waals surface area (Å²) in [5, 5.41) is 13.2. The van der Waals surface area contributed by atoms with Crippen molar-refractivity contribution in [3.8, 4) is 0 Å². The monoisotopic (exact) mass is 303 g/mol. The average molecular weight is 303 g/mol. The van der Waals surface area contributed by atoms with Gasteiger partial charge < -0.3 is 16.4 Å². The van der Waals surface area contributed by atoms with E-state index in [0.29, 0.717) is 0 Å². The van der Waals surface area contributed by atoms with Gasteiger partial charge in [0.25, 0.3) is 11.8 Å². The molecule has 3 rings (SSSR count). The summed E-state index contributed by atoms with van der Waals surface area (Å²) < 4.78 is 1.39. The molecule has 1 fully saturated rings. The maximum atomic E-state index is 12.3. The highest BCUT2D eigenvalue weighted by atomic mass is 16.2. The summed E-state index contributed by atoms with van der Waals surface area (Å²) in [4.78, 5) is 27.9. The number of fused-ring (bicyclic) bond motifs is 1. The van der Waals surface area contributed by atoms with Gasteiger partial charge in [-0.3, -0.25) is 14.0 Å². The summed E-state index contributed by atoms with van der Waals surface area (Å²) in [6.07, 6.45) is 5.51. The second-order valence-electron chi connectivity index (χ2n) is 5.25. The number of amides is 2. The first kappa shape index (κ1) is 14.2. The molecule has 1 saturated carbocycles. The Bertz CT molecular complexity index is 733. The number of nitrogens with zero attached hydrogens (tertiary/aromatic N) is 4. The fourth-order valence-corrected chi connectivity index (χ4v) is 2.64. The van der Waals surface area contributed by atoms with E-state index in [0.717, 1.165) is 25.7 Å². The van der Waals surface area contributed by atoms with Crippen molar-refractivity contribution in [2.45, 2.75) is 31.7 Å². The third-order valence-corrected chi connectivity index (χ3v) is 3.84. The molecule has 0 atom stereocenters. The molecule has 2 amide bonds. The van der Waals surface area contributed by atoms with Crippen LogP contribution in [0.15, 0.2) is 6.33 Å². The predicted octanol–water partition coefficient (Wildman–Crippen LogP) is -0.262. The van der Waals surface area contributed by atoms with Gasteiger partial charge in [-0.15, -0.1) is 10.2 Å². The Morgan fingerprint density at radius 2 is 1.95 bits per heavy atom. The van der Waals surface area contributed by atoms with Gasteiger partial charge in [-0.1, -0.05) is 12.8 Å². The number of nitrogens with one attached hydrogen (secondary N) is 2. The van der Waals surface area contributed by atoms with Crippen LogP contribution < -0.4 is 16.4 Å². The predicted molar refractivity (Wildman–Crippen MR) is 78.3 cm³/mol. The highest BCUT2D eigenvalue weighted by Crippen LogP contribution is 2.19. The third-order valence-electron chi connectivity index (χ3n) is 3.84. The summed E-state index contributed by atoms with van der Waals surface area (Å²) in [6.45, 7) is 0. The Morgan fingerprint density at radius 1 is 1.23 bits per heavy atom. The molecule has 0 spiro atoms. The summed E-state index contributed by atoms with van der Waals surface area (Å²) in [5.74, 6) is -0.628. The first-order chi connectivity index (χ1) is 10.6. The molecule has 4 N–H and O–H groups in total. The molecule has 0 aliphatic heterocycles. The van der Waals surface area contributed by atoms with Crippen molar-refractivity contribution in [2.24, 2.45) is 0 Å². The van der Waals surface area contributed by atoms with E-state index in [4.69, 9.17) is 5.73 Å². The van der Waals surface area contributed by atoms with Gasteiger partial charge in [0.1, 0.15) is 12.1 Å². The molecule has 22 heavy (non-hydrogen) atoms. The quantitative estimate of drug-likeness (QED) is 0.716. The van der Waals surface area contributed by atoms with Crippen LogP contribution in [0.4, 0.5) is 5.82 Å². The molecule has 9 nitrogen and oxygen atoms in total. The SMILES string of the molecule is CNC(=O)c1ncn2c(N)c(C(=O)NC3CCCC3)nnc12. The molecule has 1 aliphatic rings. The van der Waals surface area contributed by atoms with Crippen LogP contribution in [0.1, 0.15) is 46.7 Å². The first-order valence-electron chi connectivity index (χ1n) is 7.14. The van der Waals surface area contributed by atoms with Crippen LogP contribution in [0.3, 0.4) is 0 Å². The van der Waals surface area contributed by atoms with Crippen LogP contribution in [0.2, 0.25) is 0 Å². The van der Waals surface area contributed by atoms with Gasteiger partial charge in [-0.2, -0.15) is 0 Å². The minimum atomic E-state index is -0.389. The number of rotatable bonds is 3. The molecule has 0 radical (unpaired) electrons. The molecule has 0 saturated heterocycles. The lowest BCUT2D eigenvalue weighted by Crippen LogP contribution is -2.34. The number of nitrogen functional groups attached to an aromatic ring is 1. The minimum absolute atomic E-state index is 0.0419. The van der Waals surface area contributed by atoms with Gasteiger partial charge in [0, 0.05) is 13.1 Å². The number of hydrogen-bond donors (Lipinski definition) is 3. The highest BCUT2D eigenvalue weighted by molar-refractivity contribution is 5.99. The molecule has 0 bridgehead atoms. The number of hydrogen-bond acceptors (Lipinski definition) is 6. The molecule has 1 aliphatic carbocycles. The molecule has 9 heteroatoms. The maximum absolute atomic E-state index is 12.3. The molecule has 2 heterocycles. The fourth-order valence-electron chi connectivity index (χ4n) is 2.64. The normalized spacial score (nSPS) is 15.1. The van der Waals surface area contributed by atoms with Crippen LogP contribution in [0, 0.1) is 0 Å². The molecule has 2 aromatic rings. The standard InChI is InChI=1S/C13H17N7O2/c1-15-12(21)9-11-19-18-8(10(14)20(11)6-16-9)13(22)17-7-4-2-3-5-7/h6-7H,2-5,14H2,1H3,(H,15,21)(H,17,22). The van der Waals surface area contributed by atoms with E-state index < -0.39 is 0 Å². The van der Waals surface area contributed by atoms with Gasteiger partial charge in [0.2, 0.25) is 0 Å². The lowest BCUT2D eigenvalue weighted by Gasteiger charge is -2.12. The minimum Gasteiger partial charge on any atom is -0.383 e. The van der Waals surface area contributed by atoms with Crippen LogP contribution in [0.25, 0.3) is 5.65 Å². The first-order valence-corrected chi connectivity index (χ1v) is 7.14.